The number of nitrogens with zero attached hydrogens (tertiary/aromatic N) is 1. The van der Waals surface area contributed by atoms with Gasteiger partial charge in [-0.05, 0) is 73.3 Å². The topological polar surface area (TPSA) is 53.5 Å². The summed E-state index contributed by atoms with van der Waals surface area (Å²) in [6.07, 6.45) is 9.34. The molecule has 4 bridgehead atoms. The van der Waals surface area contributed by atoms with Crippen LogP contribution in [0.1, 0.15) is 69.4 Å². The smallest absolute Gasteiger partial charge is 0.331 e. The Bertz CT molecular complexity index is 627. The van der Waals surface area contributed by atoms with E-state index in [4.69, 9.17) is 0 Å². The highest BCUT2D eigenvalue weighted by Gasteiger charge is 2.51. The Kier molecular flexibility index (Phi) is 4.30. The van der Waals surface area contributed by atoms with Crippen LogP contribution < -0.4 is 10.7 Å². The fourth-order valence-electron chi connectivity index (χ4n) is 5.66. The maximum absolute atomic E-state index is 12.3. The molecule has 2 amide bonds. The van der Waals surface area contributed by atoms with Gasteiger partial charge in [0.2, 0.25) is 0 Å². The molecule has 134 valence electrons. The first-order chi connectivity index (χ1) is 12.0. The third-order valence-corrected chi connectivity index (χ3v) is 6.40. The molecule has 2 N–H and O–H groups in total. The Morgan fingerprint density at radius 2 is 1.64 bits per heavy atom. The number of rotatable bonds is 4. The van der Waals surface area contributed by atoms with Gasteiger partial charge in [0.1, 0.15) is 0 Å². The van der Waals surface area contributed by atoms with Gasteiger partial charge in [0, 0.05) is 5.54 Å². The van der Waals surface area contributed by atoms with E-state index in [0.717, 1.165) is 42.6 Å². The van der Waals surface area contributed by atoms with Crippen LogP contribution in [0, 0.1) is 17.8 Å². The molecule has 0 unspecified atom stereocenters. The highest BCUT2D eigenvalue weighted by Crippen LogP contribution is 2.55. The summed E-state index contributed by atoms with van der Waals surface area (Å²) in [6.45, 7) is 4.36. The fourth-order valence-corrected chi connectivity index (χ4v) is 5.66. The lowest BCUT2D eigenvalue weighted by Crippen LogP contribution is -2.61. The Morgan fingerprint density at radius 1 is 1.08 bits per heavy atom. The largest absolute Gasteiger partial charge is 0.335 e. The summed E-state index contributed by atoms with van der Waals surface area (Å²) in [5.74, 6) is 3.01. The summed E-state index contributed by atoms with van der Waals surface area (Å²) in [6, 6.07) is 8.15. The first-order valence-electron chi connectivity index (χ1n) is 9.72. The average molecular weight is 339 g/mol. The molecule has 0 aromatic heterocycles. The number of benzene rings is 1. The molecule has 25 heavy (non-hydrogen) atoms. The minimum Gasteiger partial charge on any atom is -0.331 e. The van der Waals surface area contributed by atoms with Crippen molar-refractivity contribution in [1.29, 1.82) is 0 Å². The molecule has 5 rings (SSSR count). The van der Waals surface area contributed by atoms with Crippen molar-refractivity contribution in [2.24, 2.45) is 22.9 Å². The molecule has 4 nitrogen and oxygen atoms in total. The van der Waals surface area contributed by atoms with Crippen LogP contribution in [0.3, 0.4) is 0 Å². The fraction of sp³-hybridized carbons (Fsp3) is 0.619. The van der Waals surface area contributed by atoms with Crippen molar-refractivity contribution in [2.45, 2.75) is 63.8 Å². The van der Waals surface area contributed by atoms with Crippen molar-refractivity contribution in [2.75, 3.05) is 0 Å². The number of amides is 2. The van der Waals surface area contributed by atoms with E-state index in [-0.39, 0.29) is 11.6 Å². The van der Waals surface area contributed by atoms with Gasteiger partial charge in [0.15, 0.2) is 0 Å². The Labute approximate surface area is 150 Å². The zero-order valence-corrected chi connectivity index (χ0v) is 15.3. The maximum Gasteiger partial charge on any atom is 0.335 e. The zero-order chi connectivity index (χ0) is 17.4. The van der Waals surface area contributed by atoms with Crippen molar-refractivity contribution in [3.8, 4) is 0 Å². The highest BCUT2D eigenvalue weighted by molar-refractivity contribution is 5.82. The van der Waals surface area contributed by atoms with E-state index in [1.54, 1.807) is 6.21 Å². The van der Waals surface area contributed by atoms with Crippen molar-refractivity contribution in [3.05, 3.63) is 35.4 Å². The Morgan fingerprint density at radius 3 is 2.16 bits per heavy atom. The second kappa shape index (κ2) is 6.47. The van der Waals surface area contributed by atoms with E-state index in [1.807, 2.05) is 12.1 Å². The summed E-state index contributed by atoms with van der Waals surface area (Å²) in [4.78, 5) is 12.3. The highest BCUT2D eigenvalue weighted by atomic mass is 16.2. The number of urea groups is 1. The molecule has 4 saturated carbocycles. The predicted molar refractivity (Wildman–Crippen MR) is 101 cm³/mol. The van der Waals surface area contributed by atoms with E-state index in [1.165, 1.54) is 24.8 Å². The average Bonchev–Trinajstić information content (AvgIpc) is 2.53. The SMILES string of the molecule is CC(C)c1ccc(/C=N/NC(=O)NC23CC4CC(CC(C4)C2)C3)cc1. The van der Waals surface area contributed by atoms with E-state index in [9.17, 15) is 4.79 Å². The van der Waals surface area contributed by atoms with Crippen molar-refractivity contribution >= 4 is 12.2 Å². The van der Waals surface area contributed by atoms with Gasteiger partial charge in [-0.15, -0.1) is 0 Å². The van der Waals surface area contributed by atoms with E-state index in [2.05, 4.69) is 41.8 Å². The van der Waals surface area contributed by atoms with Gasteiger partial charge in [-0.2, -0.15) is 5.10 Å². The van der Waals surface area contributed by atoms with Gasteiger partial charge in [0.05, 0.1) is 6.21 Å². The molecule has 0 radical (unpaired) electrons. The van der Waals surface area contributed by atoms with Gasteiger partial charge in [-0.1, -0.05) is 38.1 Å². The summed E-state index contributed by atoms with van der Waals surface area (Å²) < 4.78 is 0. The van der Waals surface area contributed by atoms with Crippen molar-refractivity contribution < 1.29 is 4.79 Å². The van der Waals surface area contributed by atoms with Gasteiger partial charge in [0.25, 0.3) is 0 Å². The monoisotopic (exact) mass is 339 g/mol. The molecule has 0 heterocycles. The molecule has 1 aromatic carbocycles. The molecule has 1 aromatic rings. The maximum atomic E-state index is 12.3. The molecule has 0 saturated heterocycles. The normalized spacial score (nSPS) is 33.2. The van der Waals surface area contributed by atoms with Crippen LogP contribution >= 0.6 is 0 Å². The minimum absolute atomic E-state index is 0.0350. The lowest BCUT2D eigenvalue weighted by molar-refractivity contribution is -0.0135. The first-order valence-corrected chi connectivity index (χ1v) is 9.72. The number of hydrazone groups is 1. The third-order valence-electron chi connectivity index (χ3n) is 6.40. The number of nitrogens with one attached hydrogen (secondary N) is 2. The van der Waals surface area contributed by atoms with Gasteiger partial charge < -0.3 is 5.32 Å². The van der Waals surface area contributed by atoms with Gasteiger partial charge in [-0.25, -0.2) is 10.2 Å². The molecule has 4 heteroatoms. The lowest BCUT2D eigenvalue weighted by atomic mass is 9.53. The van der Waals surface area contributed by atoms with Crippen LogP contribution in [-0.2, 0) is 0 Å². The molecule has 0 spiro atoms. The molecule has 4 aliphatic carbocycles. The van der Waals surface area contributed by atoms with Crippen LogP contribution in [0.2, 0.25) is 0 Å². The number of carbonyl (C=O) groups excluding carboxylic acids is 1. The van der Waals surface area contributed by atoms with Crippen LogP contribution in [0.25, 0.3) is 0 Å². The Hall–Kier alpha value is -1.84. The van der Waals surface area contributed by atoms with E-state index < -0.39 is 0 Å². The molecular weight excluding hydrogens is 310 g/mol. The Balaban J connectivity index is 1.32. The second-order valence-electron chi connectivity index (χ2n) is 8.84. The summed E-state index contributed by atoms with van der Waals surface area (Å²) in [5.41, 5.74) is 5.01. The molecule has 4 fully saturated rings. The minimum atomic E-state index is -0.156. The van der Waals surface area contributed by atoms with Gasteiger partial charge in [-0.3, -0.25) is 0 Å². The lowest BCUT2D eigenvalue weighted by Gasteiger charge is -2.56. The predicted octanol–water partition coefficient (Wildman–Crippen LogP) is 4.41. The molecule has 4 aliphatic rings. The van der Waals surface area contributed by atoms with Crippen LogP contribution in [0.4, 0.5) is 4.79 Å². The van der Waals surface area contributed by atoms with E-state index >= 15 is 0 Å². The standard InChI is InChI=1S/C21H29N3O/c1-14(2)19-5-3-15(4-6-19)13-22-24-20(25)23-21-10-16-7-17(11-21)9-18(8-16)12-21/h3-6,13-14,16-18H,7-12H2,1-2H3,(H2,23,24,25)/b22-13+. The third kappa shape index (κ3) is 3.58. The summed E-state index contributed by atoms with van der Waals surface area (Å²) in [7, 11) is 0. The second-order valence-corrected chi connectivity index (χ2v) is 8.84. The van der Waals surface area contributed by atoms with E-state index in [0.29, 0.717) is 5.92 Å². The first kappa shape index (κ1) is 16.6. The van der Waals surface area contributed by atoms with Crippen LogP contribution in [0.15, 0.2) is 29.4 Å². The quantitative estimate of drug-likeness (QED) is 0.619. The number of hydrogen-bond donors (Lipinski definition) is 2. The van der Waals surface area contributed by atoms with Crippen molar-refractivity contribution in [1.82, 2.24) is 10.7 Å². The van der Waals surface area contributed by atoms with Crippen LogP contribution in [0.5, 0.6) is 0 Å². The molecular formula is C21H29N3O. The van der Waals surface area contributed by atoms with Crippen molar-refractivity contribution in [3.63, 3.8) is 0 Å². The van der Waals surface area contributed by atoms with Crippen LogP contribution in [-0.4, -0.2) is 17.8 Å². The molecule has 0 aliphatic heterocycles. The number of hydrogen-bond acceptors (Lipinski definition) is 2. The molecule has 0 atom stereocenters. The number of carbonyl (C=O) groups is 1. The van der Waals surface area contributed by atoms with Gasteiger partial charge >= 0.3 is 6.03 Å². The summed E-state index contributed by atoms with van der Waals surface area (Å²) >= 11 is 0. The summed E-state index contributed by atoms with van der Waals surface area (Å²) in [5, 5.41) is 7.40. The zero-order valence-electron chi connectivity index (χ0n) is 15.3.